The average Bonchev–Trinajstić information content (AvgIpc) is 2.98. The van der Waals surface area contributed by atoms with Gasteiger partial charge >= 0.3 is 0 Å². The van der Waals surface area contributed by atoms with E-state index in [0.29, 0.717) is 23.1 Å². The molecule has 4 rings (SSSR count). The minimum absolute atomic E-state index is 0.0371. The van der Waals surface area contributed by atoms with Crippen molar-refractivity contribution >= 4 is 15.9 Å². The fraction of sp³-hybridized carbons (Fsp3) is 0.696. The van der Waals surface area contributed by atoms with Crippen molar-refractivity contribution < 1.29 is 13.2 Å². The highest BCUT2D eigenvalue weighted by atomic mass is 32.2. The van der Waals surface area contributed by atoms with Gasteiger partial charge in [-0.1, -0.05) is 24.6 Å². The summed E-state index contributed by atoms with van der Waals surface area (Å²) < 4.78 is 29.7. The predicted molar refractivity (Wildman–Crippen MR) is 114 cm³/mol. The second-order valence-corrected chi connectivity index (χ2v) is 11.3. The highest BCUT2D eigenvalue weighted by Gasteiger charge is 2.55. The smallest absolute Gasteiger partial charge is 0.241 e. The standard InChI is InChI=1S/C23H34N2O3S/c1-15-13-16(2)22(17(3)14-15)29(27,28)24-20-9-11-23-10-6-12-25(23)21(26)8-5-7-19(23)18(20)4/h13-14,18-20,24H,5-12H2,1-4H3/t18-,19+,20+,23-/m1/s1. The molecule has 2 aliphatic heterocycles. The molecule has 1 N–H and O–H groups in total. The Morgan fingerprint density at radius 2 is 1.76 bits per heavy atom. The van der Waals surface area contributed by atoms with Crippen LogP contribution in [0.15, 0.2) is 17.0 Å². The Hall–Kier alpha value is -1.40. The van der Waals surface area contributed by atoms with E-state index in [0.717, 1.165) is 61.8 Å². The number of rotatable bonds is 3. The zero-order chi connectivity index (χ0) is 21.0. The van der Waals surface area contributed by atoms with Gasteiger partial charge in [-0.25, -0.2) is 13.1 Å². The van der Waals surface area contributed by atoms with Crippen LogP contribution in [0.2, 0.25) is 0 Å². The van der Waals surface area contributed by atoms with E-state index >= 15 is 0 Å². The van der Waals surface area contributed by atoms with Crippen LogP contribution in [0.3, 0.4) is 0 Å². The summed E-state index contributed by atoms with van der Waals surface area (Å²) in [5.41, 5.74) is 2.65. The van der Waals surface area contributed by atoms with Gasteiger partial charge in [-0.2, -0.15) is 0 Å². The zero-order valence-electron chi connectivity index (χ0n) is 18.1. The molecule has 1 aromatic rings. The number of carbonyl (C=O) groups excluding carboxylic acids is 1. The number of amides is 1. The van der Waals surface area contributed by atoms with Crippen LogP contribution in [0, 0.1) is 32.6 Å². The monoisotopic (exact) mass is 418 g/mol. The molecule has 160 valence electrons. The van der Waals surface area contributed by atoms with E-state index in [1.807, 2.05) is 32.9 Å². The first-order chi connectivity index (χ1) is 13.7. The average molecular weight is 419 g/mol. The quantitative estimate of drug-likeness (QED) is 0.811. The van der Waals surface area contributed by atoms with Crippen LogP contribution >= 0.6 is 0 Å². The van der Waals surface area contributed by atoms with Crippen molar-refractivity contribution in [3.05, 3.63) is 28.8 Å². The van der Waals surface area contributed by atoms with E-state index in [1.54, 1.807) is 0 Å². The molecule has 6 heteroatoms. The van der Waals surface area contributed by atoms with Crippen LogP contribution in [0.5, 0.6) is 0 Å². The zero-order valence-corrected chi connectivity index (χ0v) is 18.9. The highest BCUT2D eigenvalue weighted by molar-refractivity contribution is 7.89. The molecular weight excluding hydrogens is 384 g/mol. The van der Waals surface area contributed by atoms with Gasteiger partial charge in [0, 0.05) is 24.5 Å². The van der Waals surface area contributed by atoms with Gasteiger partial charge in [0.1, 0.15) is 0 Å². The Kier molecular flexibility index (Phi) is 5.31. The number of hydrogen-bond acceptors (Lipinski definition) is 3. The number of carbonyl (C=O) groups is 1. The summed E-state index contributed by atoms with van der Waals surface area (Å²) in [4.78, 5) is 15.3. The number of nitrogens with one attached hydrogen (secondary N) is 1. The lowest BCUT2D eigenvalue weighted by Gasteiger charge is -2.52. The summed E-state index contributed by atoms with van der Waals surface area (Å²) in [6.45, 7) is 8.82. The first-order valence-corrected chi connectivity index (χ1v) is 12.5. The summed E-state index contributed by atoms with van der Waals surface area (Å²) in [5.74, 6) is 0.899. The number of nitrogens with zero attached hydrogens (tertiary/aromatic N) is 1. The number of benzene rings is 1. The van der Waals surface area contributed by atoms with E-state index < -0.39 is 10.0 Å². The summed E-state index contributed by atoms with van der Waals surface area (Å²) in [7, 11) is -3.58. The molecule has 3 aliphatic rings. The summed E-state index contributed by atoms with van der Waals surface area (Å²) in [5, 5.41) is 0. The van der Waals surface area contributed by atoms with Crippen molar-refractivity contribution in [1.29, 1.82) is 0 Å². The van der Waals surface area contributed by atoms with E-state index in [9.17, 15) is 13.2 Å². The lowest BCUT2D eigenvalue weighted by molar-refractivity contribution is -0.138. The molecule has 29 heavy (non-hydrogen) atoms. The minimum Gasteiger partial charge on any atom is -0.337 e. The van der Waals surface area contributed by atoms with Crippen LogP contribution in [-0.4, -0.2) is 37.4 Å². The van der Waals surface area contributed by atoms with Crippen LogP contribution < -0.4 is 4.72 Å². The molecule has 0 radical (unpaired) electrons. The summed E-state index contributed by atoms with van der Waals surface area (Å²) in [6, 6.07) is 3.80. The molecule has 0 bridgehead atoms. The second kappa shape index (κ2) is 7.38. The van der Waals surface area contributed by atoms with Gasteiger partial charge in [0.2, 0.25) is 15.9 Å². The third kappa shape index (κ3) is 3.42. The van der Waals surface area contributed by atoms with Crippen molar-refractivity contribution in [2.24, 2.45) is 11.8 Å². The normalized spacial score (nSPS) is 32.6. The number of aryl methyl sites for hydroxylation is 3. The van der Waals surface area contributed by atoms with E-state index in [1.165, 1.54) is 0 Å². The van der Waals surface area contributed by atoms with Crippen LogP contribution in [0.4, 0.5) is 0 Å². The van der Waals surface area contributed by atoms with Crippen molar-refractivity contribution in [1.82, 2.24) is 9.62 Å². The maximum atomic E-state index is 13.3. The first-order valence-electron chi connectivity index (χ1n) is 11.1. The Morgan fingerprint density at radius 3 is 2.45 bits per heavy atom. The molecule has 5 nitrogen and oxygen atoms in total. The molecule has 0 unspecified atom stereocenters. The molecule has 3 fully saturated rings. The maximum absolute atomic E-state index is 13.3. The van der Waals surface area contributed by atoms with Gasteiger partial charge in [-0.05, 0) is 82.3 Å². The largest absolute Gasteiger partial charge is 0.337 e. The van der Waals surface area contributed by atoms with Gasteiger partial charge in [0.15, 0.2) is 0 Å². The molecule has 2 heterocycles. The Balaban J connectivity index is 1.61. The lowest BCUT2D eigenvalue weighted by Crippen LogP contribution is -2.59. The van der Waals surface area contributed by atoms with Crippen LogP contribution in [-0.2, 0) is 14.8 Å². The van der Waals surface area contributed by atoms with E-state index in [2.05, 4.69) is 16.5 Å². The summed E-state index contributed by atoms with van der Waals surface area (Å²) in [6.07, 6.45) is 6.43. The van der Waals surface area contributed by atoms with E-state index in [-0.39, 0.29) is 17.5 Å². The molecule has 1 saturated carbocycles. The van der Waals surface area contributed by atoms with Crippen molar-refractivity contribution in [2.75, 3.05) is 6.54 Å². The van der Waals surface area contributed by atoms with Crippen LogP contribution in [0.25, 0.3) is 0 Å². The number of hydrogen-bond donors (Lipinski definition) is 1. The fourth-order valence-electron chi connectivity index (χ4n) is 6.70. The van der Waals surface area contributed by atoms with Gasteiger partial charge in [-0.15, -0.1) is 0 Å². The maximum Gasteiger partial charge on any atom is 0.241 e. The first kappa shape index (κ1) is 20.9. The SMILES string of the molecule is Cc1cc(C)c(S(=O)(=O)N[C@H]2CC[C@@]34CCCN3C(=O)CCC[C@H]4[C@H]2C)c(C)c1. The topological polar surface area (TPSA) is 66.5 Å². The van der Waals surface area contributed by atoms with Gasteiger partial charge in [0.25, 0.3) is 0 Å². The third-order valence-corrected chi connectivity index (χ3v) is 9.56. The molecule has 4 atom stereocenters. The molecule has 1 spiro atoms. The molecule has 0 aromatic heterocycles. The van der Waals surface area contributed by atoms with Crippen LogP contribution in [0.1, 0.15) is 68.6 Å². The Bertz CT molecular complexity index is 903. The molecule has 1 amide bonds. The van der Waals surface area contributed by atoms with E-state index in [4.69, 9.17) is 0 Å². The van der Waals surface area contributed by atoms with Crippen molar-refractivity contribution in [2.45, 2.75) is 89.1 Å². The lowest BCUT2D eigenvalue weighted by atomic mass is 9.63. The molecule has 2 saturated heterocycles. The third-order valence-electron chi connectivity index (χ3n) is 7.76. The minimum atomic E-state index is -3.58. The molecular formula is C23H34N2O3S. The van der Waals surface area contributed by atoms with Gasteiger partial charge in [-0.3, -0.25) is 4.79 Å². The second-order valence-electron chi connectivity index (χ2n) is 9.60. The Morgan fingerprint density at radius 1 is 1.07 bits per heavy atom. The van der Waals surface area contributed by atoms with Crippen molar-refractivity contribution in [3.63, 3.8) is 0 Å². The fourth-order valence-corrected chi connectivity index (χ4v) is 8.51. The Labute approximate surface area is 175 Å². The molecule has 1 aliphatic carbocycles. The predicted octanol–water partition coefficient (Wildman–Crippen LogP) is 3.85. The summed E-state index contributed by atoms with van der Waals surface area (Å²) >= 11 is 0. The van der Waals surface area contributed by atoms with Gasteiger partial charge < -0.3 is 4.90 Å². The van der Waals surface area contributed by atoms with Crippen molar-refractivity contribution in [3.8, 4) is 0 Å². The van der Waals surface area contributed by atoms with Gasteiger partial charge in [0.05, 0.1) is 4.90 Å². The number of sulfonamides is 1. The molecule has 1 aromatic carbocycles. The highest BCUT2D eigenvalue weighted by Crippen LogP contribution is 2.51.